The number of hydrogen-bond donors (Lipinski definition) is 1. The van der Waals surface area contributed by atoms with Gasteiger partial charge in [0.15, 0.2) is 6.04 Å². The van der Waals surface area contributed by atoms with Gasteiger partial charge in [-0.3, -0.25) is 9.59 Å². The summed E-state index contributed by atoms with van der Waals surface area (Å²) in [4.78, 5) is 38.9. The van der Waals surface area contributed by atoms with E-state index >= 15 is 0 Å². The van der Waals surface area contributed by atoms with Gasteiger partial charge in [-0.25, -0.2) is 4.79 Å². The molecule has 2 amide bonds. The lowest BCUT2D eigenvalue weighted by molar-refractivity contribution is -0.163. The van der Waals surface area contributed by atoms with Crippen molar-refractivity contribution in [2.75, 3.05) is 5.88 Å². The van der Waals surface area contributed by atoms with E-state index in [0.29, 0.717) is 5.56 Å². The number of alkyl halides is 2. The van der Waals surface area contributed by atoms with Gasteiger partial charge in [-0.1, -0.05) is 66.7 Å². The van der Waals surface area contributed by atoms with Crippen molar-refractivity contribution in [3.63, 3.8) is 0 Å². The molecule has 3 atom stereocenters. The second-order valence-corrected chi connectivity index (χ2v) is 7.44. The molecule has 3 unspecified atom stereocenters. The molecule has 6 nitrogen and oxygen atoms in total. The van der Waals surface area contributed by atoms with Crippen LogP contribution in [0.4, 0.5) is 0 Å². The van der Waals surface area contributed by atoms with Crippen molar-refractivity contribution in [1.82, 2.24) is 10.2 Å². The Morgan fingerprint density at radius 2 is 1.70 bits per heavy atom. The summed E-state index contributed by atoms with van der Waals surface area (Å²) in [7, 11) is 0. The predicted molar refractivity (Wildman–Crippen MR) is 114 cm³/mol. The first-order valence-corrected chi connectivity index (χ1v) is 10.2. The highest BCUT2D eigenvalue weighted by atomic mass is 35.5. The average molecular weight is 447 g/mol. The number of esters is 1. The zero-order chi connectivity index (χ0) is 21.7. The van der Waals surface area contributed by atoms with Gasteiger partial charge in [-0.15, -0.1) is 11.6 Å². The van der Waals surface area contributed by atoms with E-state index in [-0.39, 0.29) is 18.1 Å². The SMILES string of the molecule is C=C(CCl)C(C(=O)OCc1ccccc1)N1C(=O)C(NC(=O)c2ccccc2)C1Cl. The lowest BCUT2D eigenvalue weighted by Crippen LogP contribution is -2.72. The Kier molecular flexibility index (Phi) is 7.13. The Morgan fingerprint density at radius 1 is 1.10 bits per heavy atom. The molecular formula is C22H20Cl2N2O4. The van der Waals surface area contributed by atoms with Crippen LogP contribution in [0.3, 0.4) is 0 Å². The molecule has 0 aromatic heterocycles. The molecule has 1 aliphatic rings. The molecule has 0 radical (unpaired) electrons. The van der Waals surface area contributed by atoms with E-state index in [4.69, 9.17) is 27.9 Å². The summed E-state index contributed by atoms with van der Waals surface area (Å²) in [5.41, 5.74) is 0.531. The highest BCUT2D eigenvalue weighted by Crippen LogP contribution is 2.30. The van der Waals surface area contributed by atoms with Gasteiger partial charge in [0, 0.05) is 11.4 Å². The Bertz CT molecular complexity index is 937. The molecule has 1 saturated heterocycles. The number of rotatable bonds is 8. The summed E-state index contributed by atoms with van der Waals surface area (Å²) < 4.78 is 5.35. The normalized spacial score (nSPS) is 18.9. The van der Waals surface area contributed by atoms with Crippen molar-refractivity contribution < 1.29 is 19.1 Å². The van der Waals surface area contributed by atoms with Gasteiger partial charge in [0.2, 0.25) is 0 Å². The summed E-state index contributed by atoms with van der Waals surface area (Å²) in [6, 6.07) is 15.5. The maximum Gasteiger partial charge on any atom is 0.333 e. The Morgan fingerprint density at radius 3 is 2.27 bits per heavy atom. The zero-order valence-electron chi connectivity index (χ0n) is 16.0. The van der Waals surface area contributed by atoms with E-state index in [1.54, 1.807) is 30.3 Å². The Hall–Kier alpha value is -2.83. The number of likely N-dealkylation sites (tertiary alicyclic amines) is 1. The summed E-state index contributed by atoms with van der Waals surface area (Å²) in [6.45, 7) is 3.82. The minimum Gasteiger partial charge on any atom is -0.459 e. The van der Waals surface area contributed by atoms with Crippen molar-refractivity contribution in [2.24, 2.45) is 0 Å². The number of nitrogens with zero attached hydrogens (tertiary/aromatic N) is 1. The molecular weight excluding hydrogens is 427 g/mol. The predicted octanol–water partition coefficient (Wildman–Crippen LogP) is 3.10. The maximum atomic E-state index is 12.7. The third-order valence-electron chi connectivity index (χ3n) is 4.67. The smallest absolute Gasteiger partial charge is 0.333 e. The first kappa shape index (κ1) is 21.9. The standard InChI is InChI=1S/C22H20Cl2N2O4/c1-14(12-23)18(22(29)30-13-15-8-4-2-5-9-15)26-19(24)17(21(26)28)25-20(27)16-10-6-3-7-11-16/h2-11,17-19H,1,12-13H2,(H,25,27). The number of β-lactam (4-membered cyclic amide) rings is 1. The number of carbonyl (C=O) groups excluding carboxylic acids is 3. The van der Waals surface area contributed by atoms with E-state index in [2.05, 4.69) is 11.9 Å². The fourth-order valence-corrected chi connectivity index (χ4v) is 3.58. The molecule has 2 aromatic rings. The van der Waals surface area contributed by atoms with E-state index in [0.717, 1.165) is 10.5 Å². The first-order valence-electron chi connectivity index (χ1n) is 9.20. The van der Waals surface area contributed by atoms with Crippen LogP contribution in [0.2, 0.25) is 0 Å². The molecule has 1 fully saturated rings. The van der Waals surface area contributed by atoms with Crippen LogP contribution in [0.1, 0.15) is 15.9 Å². The largest absolute Gasteiger partial charge is 0.459 e. The maximum absolute atomic E-state index is 12.7. The van der Waals surface area contributed by atoms with Crippen molar-refractivity contribution >= 4 is 41.0 Å². The van der Waals surface area contributed by atoms with Gasteiger partial charge in [0.1, 0.15) is 18.1 Å². The first-order chi connectivity index (χ1) is 14.4. The zero-order valence-corrected chi connectivity index (χ0v) is 17.5. The molecule has 30 heavy (non-hydrogen) atoms. The minimum atomic E-state index is -1.13. The summed E-state index contributed by atoms with van der Waals surface area (Å²) in [5.74, 6) is -1.68. The van der Waals surface area contributed by atoms with Gasteiger partial charge in [-0.05, 0) is 23.3 Å². The molecule has 0 aliphatic carbocycles. The summed E-state index contributed by atoms with van der Waals surface area (Å²) in [6.07, 6.45) is 0. The van der Waals surface area contributed by atoms with E-state index < -0.39 is 35.4 Å². The van der Waals surface area contributed by atoms with Crippen LogP contribution in [0.5, 0.6) is 0 Å². The second kappa shape index (κ2) is 9.78. The van der Waals surface area contributed by atoms with Crippen molar-refractivity contribution in [3.05, 3.63) is 83.9 Å². The molecule has 1 N–H and O–H groups in total. The summed E-state index contributed by atoms with van der Waals surface area (Å²) >= 11 is 12.2. The van der Waals surface area contributed by atoms with E-state index in [1.807, 2.05) is 30.3 Å². The third-order valence-corrected chi connectivity index (χ3v) is 5.47. The Labute approximate surface area is 184 Å². The number of ether oxygens (including phenoxy) is 1. The number of halogens is 2. The molecule has 156 valence electrons. The van der Waals surface area contributed by atoms with Crippen molar-refractivity contribution in [1.29, 1.82) is 0 Å². The van der Waals surface area contributed by atoms with E-state index in [9.17, 15) is 14.4 Å². The molecule has 1 heterocycles. The number of nitrogens with one attached hydrogen (secondary N) is 1. The van der Waals surface area contributed by atoms with Crippen molar-refractivity contribution in [2.45, 2.75) is 24.2 Å². The quantitative estimate of drug-likeness (QED) is 0.222. The highest BCUT2D eigenvalue weighted by Gasteiger charge is 2.53. The molecule has 8 heteroatoms. The van der Waals surface area contributed by atoms with Crippen LogP contribution < -0.4 is 5.32 Å². The van der Waals surface area contributed by atoms with E-state index in [1.165, 1.54) is 0 Å². The third kappa shape index (κ3) is 4.66. The molecule has 0 spiro atoms. The van der Waals surface area contributed by atoms with Gasteiger partial charge < -0.3 is 15.0 Å². The average Bonchev–Trinajstić information content (AvgIpc) is 2.79. The molecule has 2 aromatic carbocycles. The lowest BCUT2D eigenvalue weighted by atomic mass is 9.99. The van der Waals surface area contributed by atoms with Crippen molar-refractivity contribution in [3.8, 4) is 0 Å². The van der Waals surface area contributed by atoms with Crippen LogP contribution >= 0.6 is 23.2 Å². The highest BCUT2D eigenvalue weighted by molar-refractivity contribution is 6.27. The number of carbonyl (C=O) groups is 3. The summed E-state index contributed by atoms with van der Waals surface area (Å²) in [5, 5.41) is 2.59. The van der Waals surface area contributed by atoms with Crippen LogP contribution in [-0.2, 0) is 20.9 Å². The lowest BCUT2D eigenvalue weighted by Gasteiger charge is -2.47. The molecule has 0 saturated carbocycles. The topological polar surface area (TPSA) is 75.7 Å². The van der Waals surface area contributed by atoms with Crippen LogP contribution in [0, 0.1) is 0 Å². The van der Waals surface area contributed by atoms with Crippen LogP contribution in [0.15, 0.2) is 72.8 Å². The van der Waals surface area contributed by atoms with Crippen LogP contribution in [0.25, 0.3) is 0 Å². The molecule has 1 aliphatic heterocycles. The van der Waals surface area contributed by atoms with Crippen LogP contribution in [-0.4, -0.2) is 46.1 Å². The minimum absolute atomic E-state index is 0.0366. The number of amides is 2. The van der Waals surface area contributed by atoms with Gasteiger partial charge in [0.05, 0.1) is 0 Å². The molecule has 3 rings (SSSR count). The van der Waals surface area contributed by atoms with Gasteiger partial charge in [-0.2, -0.15) is 0 Å². The van der Waals surface area contributed by atoms with Gasteiger partial charge >= 0.3 is 5.97 Å². The number of benzene rings is 2. The number of hydrogen-bond acceptors (Lipinski definition) is 4. The fourth-order valence-electron chi connectivity index (χ4n) is 3.05. The monoisotopic (exact) mass is 446 g/mol. The van der Waals surface area contributed by atoms with Gasteiger partial charge in [0.25, 0.3) is 11.8 Å². The molecule has 0 bridgehead atoms. The Balaban J connectivity index is 1.67. The fraction of sp³-hybridized carbons (Fsp3) is 0.227. The second-order valence-electron chi connectivity index (χ2n) is 6.72.